The molecular weight excluding hydrogens is 322 g/mol. The van der Waals surface area contributed by atoms with Gasteiger partial charge in [-0.25, -0.2) is 0 Å². The minimum atomic E-state index is -0.926. The van der Waals surface area contributed by atoms with E-state index in [9.17, 15) is 9.00 Å². The first kappa shape index (κ1) is 18.4. The molecule has 24 heavy (non-hydrogen) atoms. The van der Waals surface area contributed by atoms with Crippen LogP contribution in [0.2, 0.25) is 0 Å². The lowest BCUT2D eigenvalue weighted by molar-refractivity contribution is 0.100. The maximum Gasteiger partial charge on any atom is 0.248 e. The van der Waals surface area contributed by atoms with E-state index in [1.807, 2.05) is 18.2 Å². The summed E-state index contributed by atoms with van der Waals surface area (Å²) in [5.41, 5.74) is 7.88. The summed E-state index contributed by atoms with van der Waals surface area (Å²) in [5, 5.41) is 0. The summed E-state index contributed by atoms with van der Waals surface area (Å²) in [4.78, 5) is 11.0. The maximum absolute atomic E-state index is 12.0. The van der Waals surface area contributed by atoms with Crippen molar-refractivity contribution in [3.63, 3.8) is 0 Å². The smallest absolute Gasteiger partial charge is 0.248 e. The largest absolute Gasteiger partial charge is 0.381 e. The van der Waals surface area contributed by atoms with Crippen molar-refractivity contribution in [2.24, 2.45) is 5.73 Å². The molecule has 0 radical (unpaired) electrons. The number of carbonyl (C=O) groups is 1. The molecular formula is C19H23NO3S. The second kappa shape index (κ2) is 10.0. The molecule has 4 nitrogen and oxygen atoms in total. The van der Waals surface area contributed by atoms with E-state index in [1.54, 1.807) is 24.3 Å². The topological polar surface area (TPSA) is 69.4 Å². The molecule has 0 heterocycles. The molecule has 0 saturated heterocycles. The summed E-state index contributed by atoms with van der Waals surface area (Å²) in [6.07, 6.45) is 1.68. The fraction of sp³-hybridized carbons (Fsp3) is 0.316. The molecule has 2 N–H and O–H groups in total. The molecule has 2 aromatic rings. The SMILES string of the molecule is NC(=O)c1ccc(CS(=O)CCCOCCc2ccccc2)cc1. The van der Waals surface area contributed by atoms with Crippen molar-refractivity contribution in [3.8, 4) is 0 Å². The first-order valence-corrected chi connectivity index (χ1v) is 9.49. The van der Waals surface area contributed by atoms with Gasteiger partial charge in [0.05, 0.1) is 6.61 Å². The Morgan fingerprint density at radius 2 is 1.67 bits per heavy atom. The van der Waals surface area contributed by atoms with Crippen molar-refractivity contribution in [1.29, 1.82) is 0 Å². The first-order valence-electron chi connectivity index (χ1n) is 8.00. The standard InChI is InChI=1S/C19H23NO3S/c20-19(21)18-9-7-17(8-10-18)15-24(22)14-4-12-23-13-11-16-5-2-1-3-6-16/h1-3,5-10H,4,11-15H2,(H2,20,21). The predicted molar refractivity (Wildman–Crippen MR) is 97.3 cm³/mol. The van der Waals surface area contributed by atoms with Crippen LogP contribution in [-0.4, -0.2) is 29.1 Å². The molecule has 0 aliphatic carbocycles. The molecule has 2 aromatic carbocycles. The van der Waals surface area contributed by atoms with Crippen LogP contribution in [0.25, 0.3) is 0 Å². The zero-order chi connectivity index (χ0) is 17.2. The molecule has 1 atom stereocenters. The molecule has 0 aromatic heterocycles. The van der Waals surface area contributed by atoms with E-state index in [2.05, 4.69) is 12.1 Å². The highest BCUT2D eigenvalue weighted by Crippen LogP contribution is 2.07. The van der Waals surface area contributed by atoms with Crippen LogP contribution in [0.3, 0.4) is 0 Å². The zero-order valence-electron chi connectivity index (χ0n) is 13.6. The van der Waals surface area contributed by atoms with E-state index in [-0.39, 0.29) is 0 Å². The highest BCUT2D eigenvalue weighted by molar-refractivity contribution is 7.84. The van der Waals surface area contributed by atoms with Crippen molar-refractivity contribution < 1.29 is 13.7 Å². The number of carbonyl (C=O) groups excluding carboxylic acids is 1. The Morgan fingerprint density at radius 3 is 2.33 bits per heavy atom. The van der Waals surface area contributed by atoms with Gasteiger partial charge < -0.3 is 10.5 Å². The summed E-state index contributed by atoms with van der Waals surface area (Å²) >= 11 is 0. The average molecular weight is 345 g/mol. The van der Waals surface area contributed by atoms with Gasteiger partial charge in [-0.3, -0.25) is 9.00 Å². The second-order valence-electron chi connectivity index (χ2n) is 5.55. The lowest BCUT2D eigenvalue weighted by Gasteiger charge is -2.06. The minimum Gasteiger partial charge on any atom is -0.381 e. The molecule has 0 spiro atoms. The van der Waals surface area contributed by atoms with E-state index in [4.69, 9.17) is 10.5 Å². The number of benzene rings is 2. The van der Waals surface area contributed by atoms with Gasteiger partial charge in [-0.1, -0.05) is 42.5 Å². The Kier molecular flexibility index (Phi) is 7.65. The van der Waals surface area contributed by atoms with Crippen LogP contribution in [-0.2, 0) is 27.7 Å². The van der Waals surface area contributed by atoms with E-state index >= 15 is 0 Å². The van der Waals surface area contributed by atoms with E-state index in [0.717, 1.165) is 18.4 Å². The third-order valence-electron chi connectivity index (χ3n) is 3.60. The lowest BCUT2D eigenvalue weighted by atomic mass is 10.1. The van der Waals surface area contributed by atoms with Crippen LogP contribution in [0.5, 0.6) is 0 Å². The number of amides is 1. The molecule has 0 fully saturated rings. The number of nitrogens with two attached hydrogens (primary N) is 1. The van der Waals surface area contributed by atoms with Crippen LogP contribution in [0.4, 0.5) is 0 Å². The molecule has 0 aliphatic rings. The van der Waals surface area contributed by atoms with Crippen LogP contribution < -0.4 is 5.73 Å². The molecule has 1 amide bonds. The molecule has 1 unspecified atom stereocenters. The summed E-state index contributed by atoms with van der Waals surface area (Å²) in [5.74, 6) is 0.654. The molecule has 128 valence electrons. The van der Waals surface area contributed by atoms with Gasteiger partial charge in [-0.15, -0.1) is 0 Å². The number of primary amides is 1. The molecule has 5 heteroatoms. The second-order valence-corrected chi connectivity index (χ2v) is 7.13. The zero-order valence-corrected chi connectivity index (χ0v) is 14.5. The number of ether oxygens (including phenoxy) is 1. The molecule has 2 rings (SSSR count). The lowest BCUT2D eigenvalue weighted by Crippen LogP contribution is -2.11. The quantitative estimate of drug-likeness (QED) is 0.673. The highest BCUT2D eigenvalue weighted by atomic mass is 32.2. The van der Waals surface area contributed by atoms with Crippen molar-refractivity contribution in [1.82, 2.24) is 0 Å². The molecule has 0 bridgehead atoms. The van der Waals surface area contributed by atoms with Gasteiger partial charge >= 0.3 is 0 Å². The van der Waals surface area contributed by atoms with Gasteiger partial charge in [0.2, 0.25) is 5.91 Å². The van der Waals surface area contributed by atoms with Gasteiger partial charge in [0, 0.05) is 34.5 Å². The first-order chi connectivity index (χ1) is 11.6. The van der Waals surface area contributed by atoms with E-state index in [0.29, 0.717) is 30.3 Å². The van der Waals surface area contributed by atoms with Crippen LogP contribution in [0, 0.1) is 0 Å². The third-order valence-corrected chi connectivity index (χ3v) is 5.00. The van der Waals surface area contributed by atoms with Gasteiger partial charge in [-0.05, 0) is 36.1 Å². The van der Waals surface area contributed by atoms with E-state index < -0.39 is 16.7 Å². The van der Waals surface area contributed by atoms with Crippen molar-refractivity contribution >= 4 is 16.7 Å². The Morgan fingerprint density at radius 1 is 0.958 bits per heavy atom. The summed E-state index contributed by atoms with van der Waals surface area (Å²) in [6, 6.07) is 17.2. The van der Waals surface area contributed by atoms with Gasteiger partial charge in [0.15, 0.2) is 0 Å². The fourth-order valence-corrected chi connectivity index (χ4v) is 3.43. The van der Waals surface area contributed by atoms with Crippen LogP contribution in [0.1, 0.15) is 27.9 Å². The van der Waals surface area contributed by atoms with Gasteiger partial charge in [0.25, 0.3) is 0 Å². The van der Waals surface area contributed by atoms with Gasteiger partial charge in [-0.2, -0.15) is 0 Å². The summed E-state index contributed by atoms with van der Waals surface area (Å²) < 4.78 is 17.6. The Bertz CT molecular complexity index is 656. The number of hydrogen-bond donors (Lipinski definition) is 1. The summed E-state index contributed by atoms with van der Waals surface area (Å²) in [7, 11) is -0.926. The van der Waals surface area contributed by atoms with Crippen molar-refractivity contribution in [2.75, 3.05) is 19.0 Å². The van der Waals surface area contributed by atoms with Crippen molar-refractivity contribution in [3.05, 3.63) is 71.3 Å². The Labute approximate surface area is 145 Å². The van der Waals surface area contributed by atoms with E-state index in [1.165, 1.54) is 5.56 Å². The minimum absolute atomic E-state index is 0.449. The Hall–Kier alpha value is -1.98. The normalized spacial score (nSPS) is 12.0. The number of rotatable bonds is 10. The molecule has 0 saturated carbocycles. The third kappa shape index (κ3) is 6.64. The highest BCUT2D eigenvalue weighted by Gasteiger charge is 2.04. The Balaban J connectivity index is 1.58. The fourth-order valence-electron chi connectivity index (χ4n) is 2.28. The predicted octanol–water partition coefficient (Wildman–Crippen LogP) is 2.68. The number of hydrogen-bond acceptors (Lipinski definition) is 3. The van der Waals surface area contributed by atoms with Crippen LogP contribution in [0.15, 0.2) is 54.6 Å². The maximum atomic E-state index is 12.0. The van der Waals surface area contributed by atoms with Gasteiger partial charge in [0.1, 0.15) is 0 Å². The average Bonchev–Trinajstić information content (AvgIpc) is 2.59. The summed E-state index contributed by atoms with van der Waals surface area (Å²) in [6.45, 7) is 1.31. The molecule has 0 aliphatic heterocycles. The van der Waals surface area contributed by atoms with Crippen LogP contribution >= 0.6 is 0 Å². The monoisotopic (exact) mass is 345 g/mol. The van der Waals surface area contributed by atoms with Crippen molar-refractivity contribution in [2.45, 2.75) is 18.6 Å².